The topological polar surface area (TPSA) is 61.1 Å². The summed E-state index contributed by atoms with van der Waals surface area (Å²) in [4.78, 5) is 13.0. The van der Waals surface area contributed by atoms with Crippen LogP contribution in [-0.4, -0.2) is 39.5 Å². The maximum absolute atomic E-state index is 15.0. The summed E-state index contributed by atoms with van der Waals surface area (Å²) in [7, 11) is 1.81. The Kier molecular flexibility index (Phi) is 5.68. The Bertz CT molecular complexity index is 1320. The highest BCUT2D eigenvalue weighted by atomic mass is 19.1. The highest BCUT2D eigenvalue weighted by Crippen LogP contribution is 2.27. The van der Waals surface area contributed by atoms with Gasteiger partial charge in [0, 0.05) is 42.6 Å². The van der Waals surface area contributed by atoms with Gasteiger partial charge in [-0.05, 0) is 36.6 Å². The van der Waals surface area contributed by atoms with Gasteiger partial charge in [0.2, 0.25) is 0 Å². The number of hydrogen-bond acceptors (Lipinski definition) is 3. The molecule has 0 unspecified atom stereocenters. The van der Waals surface area contributed by atoms with Crippen molar-refractivity contribution in [3.8, 4) is 11.1 Å². The number of carbonyl (C=O) groups excluding carboxylic acids is 1. The van der Waals surface area contributed by atoms with E-state index in [2.05, 4.69) is 10.4 Å². The van der Waals surface area contributed by atoms with Gasteiger partial charge in [0.25, 0.3) is 5.91 Å². The molecule has 1 N–H and O–H groups in total. The van der Waals surface area contributed by atoms with E-state index in [9.17, 15) is 13.6 Å². The molecule has 1 fully saturated rings. The van der Waals surface area contributed by atoms with Gasteiger partial charge in [-0.15, -0.1) is 0 Å². The predicted octanol–water partition coefficient (Wildman–Crippen LogP) is 4.28. The van der Waals surface area contributed by atoms with Crippen molar-refractivity contribution in [1.29, 1.82) is 0 Å². The molecule has 1 aliphatic rings. The largest absolute Gasteiger partial charge is 0.379 e. The van der Waals surface area contributed by atoms with Crippen molar-refractivity contribution >= 4 is 16.8 Å². The molecule has 2 aromatic carbocycles. The number of aryl methyl sites for hydroxylation is 1. The van der Waals surface area contributed by atoms with Crippen LogP contribution in [0.5, 0.6) is 0 Å². The van der Waals surface area contributed by atoms with Crippen molar-refractivity contribution in [1.82, 2.24) is 19.7 Å². The van der Waals surface area contributed by atoms with Gasteiger partial charge in [-0.1, -0.05) is 18.2 Å². The maximum atomic E-state index is 15.0. The number of rotatable bonds is 5. The molecule has 1 amide bonds. The molecule has 4 aromatic rings. The Morgan fingerprint density at radius 1 is 1.18 bits per heavy atom. The Labute approximate surface area is 189 Å². The first-order valence-electron chi connectivity index (χ1n) is 10.9. The zero-order valence-electron chi connectivity index (χ0n) is 18.2. The Balaban J connectivity index is 1.46. The molecule has 0 spiro atoms. The molecule has 170 valence electrons. The number of fused-ring (bicyclic) bond motifs is 1. The number of hydrogen-bond donors (Lipinski definition) is 1. The van der Waals surface area contributed by atoms with E-state index in [1.807, 2.05) is 12.3 Å². The molecule has 1 aliphatic heterocycles. The fourth-order valence-corrected chi connectivity index (χ4v) is 4.34. The van der Waals surface area contributed by atoms with Crippen LogP contribution >= 0.6 is 0 Å². The Hall–Kier alpha value is -3.52. The molecule has 0 saturated carbocycles. The number of carbonyl (C=O) groups is 1. The zero-order valence-corrected chi connectivity index (χ0v) is 18.2. The lowest BCUT2D eigenvalue weighted by Crippen LogP contribution is -2.40. The minimum Gasteiger partial charge on any atom is -0.379 e. The molecular weight excluding hydrogens is 426 g/mol. The smallest absolute Gasteiger partial charge is 0.253 e. The van der Waals surface area contributed by atoms with E-state index in [0.29, 0.717) is 24.3 Å². The van der Waals surface area contributed by atoms with Crippen LogP contribution in [0.15, 0.2) is 55.0 Å². The summed E-state index contributed by atoms with van der Waals surface area (Å²) in [6.07, 6.45) is 6.79. The van der Waals surface area contributed by atoms with Crippen LogP contribution in [-0.2, 0) is 18.3 Å². The van der Waals surface area contributed by atoms with Crippen LogP contribution in [0.2, 0.25) is 0 Å². The highest BCUT2D eigenvalue weighted by molar-refractivity contribution is 6.07. The lowest BCUT2D eigenvalue weighted by molar-refractivity contribution is 0.0624. The van der Waals surface area contributed by atoms with E-state index >= 15 is 0 Å². The Morgan fingerprint density at radius 2 is 2.06 bits per heavy atom. The van der Waals surface area contributed by atoms with E-state index in [1.165, 1.54) is 12.1 Å². The summed E-state index contributed by atoms with van der Waals surface area (Å²) >= 11 is 0. The molecule has 0 aliphatic carbocycles. The van der Waals surface area contributed by atoms with Gasteiger partial charge in [-0.25, -0.2) is 8.78 Å². The van der Waals surface area contributed by atoms with Crippen molar-refractivity contribution in [2.45, 2.75) is 25.4 Å². The first kappa shape index (κ1) is 21.3. The average Bonchev–Trinajstić information content (AvgIpc) is 3.41. The molecule has 0 bridgehead atoms. The van der Waals surface area contributed by atoms with Crippen LogP contribution in [0.1, 0.15) is 28.8 Å². The van der Waals surface area contributed by atoms with Crippen LogP contribution in [0.25, 0.3) is 22.0 Å². The lowest BCUT2D eigenvalue weighted by atomic mass is 10.1. The van der Waals surface area contributed by atoms with Gasteiger partial charge < -0.3 is 14.6 Å². The standard InChI is InChI=1S/C25H24F2N4O2/c1-30-12-18(11-28-30)16-7-8-17(22(27)10-16)13-31-14-20(24-21(26)5-2-6-23(24)31)25(32)29-19-4-3-9-33-15-19/h2,5-8,10-12,14,19H,3-4,9,13,15H2,1H3,(H,29,32)/t19-/m1/s1. The summed E-state index contributed by atoms with van der Waals surface area (Å²) in [6, 6.07) is 9.56. The third-order valence-electron chi connectivity index (χ3n) is 6.03. The van der Waals surface area contributed by atoms with Crippen molar-refractivity contribution in [2.24, 2.45) is 7.05 Å². The van der Waals surface area contributed by atoms with Crippen molar-refractivity contribution in [3.05, 3.63) is 77.8 Å². The molecule has 0 radical (unpaired) electrons. The van der Waals surface area contributed by atoms with Crippen molar-refractivity contribution in [2.75, 3.05) is 13.2 Å². The number of nitrogens with one attached hydrogen (secondary N) is 1. The average molecular weight is 450 g/mol. The fraction of sp³-hybridized carbons (Fsp3) is 0.280. The van der Waals surface area contributed by atoms with Gasteiger partial charge in [0.15, 0.2) is 0 Å². The maximum Gasteiger partial charge on any atom is 0.253 e. The van der Waals surface area contributed by atoms with Crippen molar-refractivity contribution in [3.63, 3.8) is 0 Å². The molecule has 5 rings (SSSR count). The minimum absolute atomic E-state index is 0.103. The normalized spacial score (nSPS) is 16.3. The highest BCUT2D eigenvalue weighted by Gasteiger charge is 2.22. The molecule has 8 heteroatoms. The summed E-state index contributed by atoms with van der Waals surface area (Å²) in [5, 5.41) is 7.31. The first-order valence-corrected chi connectivity index (χ1v) is 10.9. The second-order valence-corrected chi connectivity index (χ2v) is 8.40. The molecule has 3 heterocycles. The van der Waals surface area contributed by atoms with Gasteiger partial charge >= 0.3 is 0 Å². The number of aromatic nitrogens is 3. The SMILES string of the molecule is Cn1cc(-c2ccc(Cn3cc(C(=O)N[C@@H]4CCCOC4)c4c(F)cccc43)c(F)c2)cn1. The van der Waals surface area contributed by atoms with Crippen molar-refractivity contribution < 1.29 is 18.3 Å². The van der Waals surface area contributed by atoms with E-state index in [4.69, 9.17) is 4.74 Å². The summed E-state index contributed by atoms with van der Waals surface area (Å²) in [5.74, 6) is -1.21. The second kappa shape index (κ2) is 8.78. The predicted molar refractivity (Wildman–Crippen MR) is 121 cm³/mol. The summed E-state index contributed by atoms with van der Waals surface area (Å²) < 4.78 is 38.5. The molecular formula is C25H24F2N4O2. The lowest BCUT2D eigenvalue weighted by Gasteiger charge is -2.22. The second-order valence-electron chi connectivity index (χ2n) is 8.40. The molecule has 1 saturated heterocycles. The van der Waals surface area contributed by atoms with E-state index < -0.39 is 5.82 Å². The van der Waals surface area contributed by atoms with Crippen LogP contribution in [0.3, 0.4) is 0 Å². The van der Waals surface area contributed by atoms with Crippen LogP contribution in [0, 0.1) is 11.6 Å². The molecule has 33 heavy (non-hydrogen) atoms. The van der Waals surface area contributed by atoms with Gasteiger partial charge in [-0.3, -0.25) is 9.48 Å². The number of benzene rings is 2. The van der Waals surface area contributed by atoms with Gasteiger partial charge in [0.1, 0.15) is 11.6 Å². The summed E-state index contributed by atoms with van der Waals surface area (Å²) in [5.41, 5.74) is 2.76. The third-order valence-corrected chi connectivity index (χ3v) is 6.03. The Morgan fingerprint density at radius 3 is 2.79 bits per heavy atom. The van der Waals surface area contributed by atoms with Gasteiger partial charge in [-0.2, -0.15) is 5.10 Å². The quantitative estimate of drug-likeness (QED) is 0.494. The fourth-order valence-electron chi connectivity index (χ4n) is 4.34. The third kappa shape index (κ3) is 4.26. The van der Waals surface area contributed by atoms with Gasteiger partial charge in [0.05, 0.1) is 36.5 Å². The number of amides is 1. The molecule has 6 nitrogen and oxygen atoms in total. The van der Waals surface area contributed by atoms with E-state index in [1.54, 1.807) is 46.9 Å². The molecule has 2 aromatic heterocycles. The number of nitrogens with zero attached hydrogens (tertiary/aromatic N) is 3. The van der Waals surface area contributed by atoms with Crippen LogP contribution in [0.4, 0.5) is 8.78 Å². The minimum atomic E-state index is -0.483. The monoisotopic (exact) mass is 450 g/mol. The number of halogens is 2. The zero-order chi connectivity index (χ0) is 22.9. The molecule has 1 atom stereocenters. The number of ether oxygens (including phenoxy) is 1. The van der Waals surface area contributed by atoms with E-state index in [0.717, 1.165) is 24.0 Å². The van der Waals surface area contributed by atoms with Crippen LogP contribution < -0.4 is 5.32 Å². The first-order chi connectivity index (χ1) is 16.0. The summed E-state index contributed by atoms with van der Waals surface area (Å²) in [6.45, 7) is 1.30. The van der Waals surface area contributed by atoms with E-state index in [-0.39, 0.29) is 35.3 Å².